The van der Waals surface area contributed by atoms with Crippen LogP contribution >= 0.6 is 0 Å². The van der Waals surface area contributed by atoms with Crippen LogP contribution in [-0.2, 0) is 5.41 Å². The first-order valence-electron chi connectivity index (χ1n) is 9.65. The number of rotatable bonds is 6. The summed E-state index contributed by atoms with van der Waals surface area (Å²) in [5, 5.41) is 13.2. The molecule has 3 fully saturated rings. The normalized spacial score (nSPS) is 35.8. The lowest BCUT2D eigenvalue weighted by Crippen LogP contribution is -2.42. The largest absolute Gasteiger partial charge is 0.399 e. The predicted molar refractivity (Wildman–Crippen MR) is 98.0 cm³/mol. The number of hydrogen-bond donors (Lipinski definition) is 3. The number of hydrogen-bond acceptors (Lipinski definition) is 4. The minimum absolute atomic E-state index is 0.314. The van der Waals surface area contributed by atoms with Crippen molar-refractivity contribution in [2.75, 3.05) is 32.0 Å². The van der Waals surface area contributed by atoms with Crippen LogP contribution in [0.25, 0.3) is 0 Å². The van der Waals surface area contributed by atoms with Gasteiger partial charge in [0.2, 0.25) is 0 Å². The number of aliphatic hydroxyl groups excluding tert-OH is 1. The monoisotopic (exact) mass is 329 g/mol. The second-order valence-corrected chi connectivity index (χ2v) is 8.12. The van der Waals surface area contributed by atoms with E-state index in [1.165, 1.54) is 37.7 Å². The molecular weight excluding hydrogens is 298 g/mol. The quantitative estimate of drug-likeness (QED) is 0.700. The van der Waals surface area contributed by atoms with Crippen LogP contribution in [0.2, 0.25) is 0 Å². The third-order valence-corrected chi connectivity index (χ3v) is 6.74. The number of aliphatic hydroxyl groups is 1. The summed E-state index contributed by atoms with van der Waals surface area (Å²) in [4.78, 5) is 2.45. The molecular formula is C20H31N3O. The van der Waals surface area contributed by atoms with Crippen molar-refractivity contribution in [1.29, 1.82) is 0 Å². The summed E-state index contributed by atoms with van der Waals surface area (Å²) in [6, 6.07) is 9.62. The van der Waals surface area contributed by atoms with E-state index in [0.717, 1.165) is 37.7 Å². The molecule has 0 spiro atoms. The lowest BCUT2D eigenvalue weighted by Gasteiger charge is -2.30. The summed E-state index contributed by atoms with van der Waals surface area (Å²) >= 11 is 0. The predicted octanol–water partition coefficient (Wildman–Crippen LogP) is 2.13. The summed E-state index contributed by atoms with van der Waals surface area (Å²) in [5.74, 6) is 0.836. The fraction of sp³-hybridized carbons (Fsp3) is 0.700. The molecule has 24 heavy (non-hydrogen) atoms. The standard InChI is InChI=1S/C20H31N3O/c21-17-4-1-3-15(11-17)20-7-6-18(12-16(20)13-20)22-8-10-23-9-2-5-19(23)14-24/h1,3-4,11,16,18-19,22,24H,2,5-10,12-14,21H2/t16?,18?,19-,20+/m0/s1. The molecule has 1 saturated heterocycles. The number of benzene rings is 1. The summed E-state index contributed by atoms with van der Waals surface area (Å²) in [6.07, 6.45) is 7.60. The van der Waals surface area contributed by atoms with E-state index in [2.05, 4.69) is 28.4 Å². The summed E-state index contributed by atoms with van der Waals surface area (Å²) in [7, 11) is 0. The molecule has 132 valence electrons. The van der Waals surface area contributed by atoms with E-state index in [4.69, 9.17) is 5.73 Å². The Kier molecular flexibility index (Phi) is 4.54. The first-order chi connectivity index (χ1) is 11.7. The zero-order chi connectivity index (χ0) is 16.6. The fourth-order valence-corrected chi connectivity index (χ4v) is 5.23. The molecule has 3 aliphatic rings. The highest BCUT2D eigenvalue weighted by Gasteiger charge is 2.57. The smallest absolute Gasteiger partial charge is 0.0586 e. The molecule has 4 rings (SSSR count). The fourth-order valence-electron chi connectivity index (χ4n) is 5.23. The van der Waals surface area contributed by atoms with Gasteiger partial charge in [-0.05, 0) is 74.1 Å². The van der Waals surface area contributed by atoms with Crippen LogP contribution in [0.15, 0.2) is 24.3 Å². The molecule has 1 aliphatic heterocycles. The second-order valence-electron chi connectivity index (χ2n) is 8.12. The Morgan fingerprint density at radius 2 is 2.25 bits per heavy atom. The number of nitrogens with zero attached hydrogens (tertiary/aromatic N) is 1. The highest BCUT2D eigenvalue weighted by atomic mass is 16.3. The van der Waals surface area contributed by atoms with Crippen LogP contribution in [-0.4, -0.2) is 48.3 Å². The van der Waals surface area contributed by atoms with Gasteiger partial charge in [-0.25, -0.2) is 0 Å². The molecule has 1 aromatic rings. The molecule has 1 aromatic carbocycles. The SMILES string of the molecule is Nc1cccc([C@]23CCC(NCCN4CCC[C@H]4CO)CC2C3)c1. The van der Waals surface area contributed by atoms with Crippen LogP contribution in [0.4, 0.5) is 5.69 Å². The Morgan fingerprint density at radius 1 is 1.33 bits per heavy atom. The number of fused-ring (bicyclic) bond motifs is 1. The van der Waals surface area contributed by atoms with Crippen molar-refractivity contribution in [2.24, 2.45) is 5.92 Å². The third-order valence-electron chi connectivity index (χ3n) is 6.74. The Labute approximate surface area is 145 Å². The summed E-state index contributed by atoms with van der Waals surface area (Å²) in [5.41, 5.74) is 8.78. The van der Waals surface area contributed by atoms with Crippen molar-refractivity contribution in [3.8, 4) is 0 Å². The number of nitrogens with one attached hydrogen (secondary N) is 1. The molecule has 0 radical (unpaired) electrons. The van der Waals surface area contributed by atoms with Gasteiger partial charge in [-0.15, -0.1) is 0 Å². The van der Waals surface area contributed by atoms with E-state index in [-0.39, 0.29) is 0 Å². The van der Waals surface area contributed by atoms with Crippen molar-refractivity contribution >= 4 is 5.69 Å². The average molecular weight is 329 g/mol. The van der Waals surface area contributed by atoms with Gasteiger partial charge in [0, 0.05) is 30.9 Å². The van der Waals surface area contributed by atoms with E-state index in [1.54, 1.807) is 0 Å². The van der Waals surface area contributed by atoms with E-state index in [0.29, 0.717) is 24.1 Å². The van der Waals surface area contributed by atoms with Gasteiger partial charge in [0.25, 0.3) is 0 Å². The van der Waals surface area contributed by atoms with Crippen LogP contribution in [0.1, 0.15) is 44.1 Å². The van der Waals surface area contributed by atoms with Crippen LogP contribution < -0.4 is 11.1 Å². The van der Waals surface area contributed by atoms with Crippen molar-refractivity contribution in [1.82, 2.24) is 10.2 Å². The van der Waals surface area contributed by atoms with Crippen molar-refractivity contribution in [2.45, 2.75) is 56.0 Å². The molecule has 4 heteroatoms. The lowest BCUT2D eigenvalue weighted by atomic mass is 9.80. The van der Waals surface area contributed by atoms with Gasteiger partial charge < -0.3 is 16.2 Å². The van der Waals surface area contributed by atoms with Gasteiger partial charge in [-0.3, -0.25) is 4.90 Å². The zero-order valence-corrected chi connectivity index (χ0v) is 14.6. The van der Waals surface area contributed by atoms with Gasteiger partial charge in [0.1, 0.15) is 0 Å². The van der Waals surface area contributed by atoms with Crippen molar-refractivity contribution in [3.63, 3.8) is 0 Å². The van der Waals surface area contributed by atoms with Gasteiger partial charge >= 0.3 is 0 Å². The number of nitrogen functional groups attached to an aromatic ring is 1. The first kappa shape index (κ1) is 16.4. The van der Waals surface area contributed by atoms with Crippen LogP contribution in [0, 0.1) is 5.92 Å². The summed E-state index contributed by atoms with van der Waals surface area (Å²) in [6.45, 7) is 3.60. The molecule has 4 atom stereocenters. The summed E-state index contributed by atoms with van der Waals surface area (Å²) < 4.78 is 0. The molecule has 2 aliphatic carbocycles. The Morgan fingerprint density at radius 3 is 3.04 bits per heavy atom. The number of likely N-dealkylation sites (tertiary alicyclic amines) is 1. The van der Waals surface area contributed by atoms with E-state index < -0.39 is 0 Å². The zero-order valence-electron chi connectivity index (χ0n) is 14.6. The lowest BCUT2D eigenvalue weighted by molar-refractivity contribution is 0.157. The Hall–Kier alpha value is -1.10. The van der Waals surface area contributed by atoms with Crippen molar-refractivity contribution < 1.29 is 5.11 Å². The molecule has 1 heterocycles. The third kappa shape index (κ3) is 3.07. The topological polar surface area (TPSA) is 61.5 Å². The molecule has 2 saturated carbocycles. The maximum Gasteiger partial charge on any atom is 0.0586 e. The molecule has 4 nitrogen and oxygen atoms in total. The molecule has 4 N–H and O–H groups in total. The van der Waals surface area contributed by atoms with Crippen LogP contribution in [0.5, 0.6) is 0 Å². The van der Waals surface area contributed by atoms with E-state index in [1.807, 2.05) is 6.07 Å². The minimum atomic E-state index is 0.314. The average Bonchev–Trinajstić information content (AvgIpc) is 3.16. The number of anilines is 1. The molecule has 0 amide bonds. The highest BCUT2D eigenvalue weighted by Crippen LogP contribution is 2.62. The number of nitrogens with two attached hydrogens (primary N) is 1. The van der Waals surface area contributed by atoms with Crippen LogP contribution in [0.3, 0.4) is 0 Å². The van der Waals surface area contributed by atoms with Gasteiger partial charge in [-0.2, -0.15) is 0 Å². The first-order valence-corrected chi connectivity index (χ1v) is 9.65. The minimum Gasteiger partial charge on any atom is -0.399 e. The maximum absolute atomic E-state index is 9.41. The molecule has 0 aromatic heterocycles. The highest BCUT2D eigenvalue weighted by molar-refractivity contribution is 5.46. The van der Waals surface area contributed by atoms with Gasteiger partial charge in [-0.1, -0.05) is 12.1 Å². The second kappa shape index (κ2) is 6.66. The van der Waals surface area contributed by atoms with Gasteiger partial charge in [0.15, 0.2) is 0 Å². The molecule has 2 unspecified atom stereocenters. The van der Waals surface area contributed by atoms with E-state index >= 15 is 0 Å². The maximum atomic E-state index is 9.41. The van der Waals surface area contributed by atoms with E-state index in [9.17, 15) is 5.11 Å². The Bertz CT molecular complexity index is 578. The van der Waals surface area contributed by atoms with Crippen molar-refractivity contribution in [3.05, 3.63) is 29.8 Å². The Balaban J connectivity index is 1.25. The van der Waals surface area contributed by atoms with Gasteiger partial charge in [0.05, 0.1) is 6.61 Å². The molecule has 0 bridgehead atoms.